The predicted octanol–water partition coefficient (Wildman–Crippen LogP) is 0.814. The molecular formula is C17H20FN3O2. The average molecular weight is 317 g/mol. The lowest BCUT2D eigenvalue weighted by Crippen LogP contribution is -2.44. The summed E-state index contributed by atoms with van der Waals surface area (Å²) in [5, 5.41) is 2.67. The summed E-state index contributed by atoms with van der Waals surface area (Å²) in [7, 11) is 0. The molecule has 1 aromatic carbocycles. The SMILES string of the molecule is C#CCN1CCC(C(=O)N[C@H](C(N)=O)c2ccc(F)cc2)CC1. The quantitative estimate of drug-likeness (QED) is 0.789. The maximum Gasteiger partial charge on any atom is 0.244 e. The zero-order valence-electron chi connectivity index (χ0n) is 12.8. The zero-order chi connectivity index (χ0) is 16.8. The highest BCUT2D eigenvalue weighted by atomic mass is 19.1. The van der Waals surface area contributed by atoms with Crippen molar-refractivity contribution in [3.8, 4) is 12.3 Å². The number of halogens is 1. The molecule has 1 aromatic rings. The van der Waals surface area contributed by atoms with Gasteiger partial charge in [-0.3, -0.25) is 14.5 Å². The van der Waals surface area contributed by atoms with Crippen LogP contribution in [0.5, 0.6) is 0 Å². The summed E-state index contributed by atoms with van der Waals surface area (Å²) in [5.74, 6) is 1.12. The number of rotatable bonds is 5. The highest BCUT2D eigenvalue weighted by Crippen LogP contribution is 2.20. The second-order valence-corrected chi connectivity index (χ2v) is 5.65. The molecule has 0 radical (unpaired) electrons. The Bertz CT molecular complexity index is 601. The number of terminal acetylenes is 1. The fourth-order valence-electron chi connectivity index (χ4n) is 2.72. The molecule has 0 aromatic heterocycles. The summed E-state index contributed by atoms with van der Waals surface area (Å²) in [5.41, 5.74) is 5.84. The van der Waals surface area contributed by atoms with Gasteiger partial charge in [-0.05, 0) is 43.6 Å². The van der Waals surface area contributed by atoms with Crippen LogP contribution >= 0.6 is 0 Å². The molecule has 1 fully saturated rings. The van der Waals surface area contributed by atoms with Crippen LogP contribution in [0.3, 0.4) is 0 Å². The van der Waals surface area contributed by atoms with Gasteiger partial charge >= 0.3 is 0 Å². The van der Waals surface area contributed by atoms with E-state index in [1.807, 2.05) is 0 Å². The lowest BCUT2D eigenvalue weighted by atomic mass is 9.95. The number of nitrogens with zero attached hydrogens (tertiary/aromatic N) is 1. The number of hydrogen-bond donors (Lipinski definition) is 2. The molecule has 0 unspecified atom stereocenters. The van der Waals surface area contributed by atoms with Crippen LogP contribution in [0.2, 0.25) is 0 Å². The van der Waals surface area contributed by atoms with Gasteiger partial charge in [0.1, 0.15) is 11.9 Å². The van der Waals surface area contributed by atoms with E-state index in [1.54, 1.807) is 0 Å². The van der Waals surface area contributed by atoms with E-state index in [4.69, 9.17) is 12.2 Å². The molecule has 0 bridgehead atoms. The highest BCUT2D eigenvalue weighted by Gasteiger charge is 2.28. The molecule has 2 amide bonds. The fraction of sp³-hybridized carbons (Fsp3) is 0.412. The average Bonchev–Trinajstić information content (AvgIpc) is 2.54. The van der Waals surface area contributed by atoms with E-state index in [2.05, 4.69) is 16.1 Å². The van der Waals surface area contributed by atoms with Gasteiger partial charge in [-0.1, -0.05) is 18.1 Å². The van der Waals surface area contributed by atoms with Crippen molar-refractivity contribution < 1.29 is 14.0 Å². The number of nitrogens with one attached hydrogen (secondary N) is 1. The predicted molar refractivity (Wildman–Crippen MR) is 84.5 cm³/mol. The van der Waals surface area contributed by atoms with Gasteiger partial charge in [0, 0.05) is 5.92 Å². The number of carbonyl (C=O) groups excluding carboxylic acids is 2. The molecule has 0 saturated carbocycles. The first-order valence-corrected chi connectivity index (χ1v) is 7.52. The van der Waals surface area contributed by atoms with Crippen LogP contribution in [0.15, 0.2) is 24.3 Å². The van der Waals surface area contributed by atoms with Crippen molar-refractivity contribution in [2.75, 3.05) is 19.6 Å². The maximum atomic E-state index is 13.0. The molecule has 1 aliphatic heterocycles. The van der Waals surface area contributed by atoms with Crippen molar-refractivity contribution in [2.24, 2.45) is 11.7 Å². The third-order valence-corrected chi connectivity index (χ3v) is 4.05. The molecule has 1 aliphatic rings. The molecule has 6 heteroatoms. The van der Waals surface area contributed by atoms with Crippen molar-refractivity contribution in [3.63, 3.8) is 0 Å². The molecule has 1 heterocycles. The van der Waals surface area contributed by atoms with Crippen LogP contribution in [-0.4, -0.2) is 36.3 Å². The van der Waals surface area contributed by atoms with E-state index in [0.29, 0.717) is 24.9 Å². The summed E-state index contributed by atoms with van der Waals surface area (Å²) in [6.45, 7) is 2.08. The van der Waals surface area contributed by atoms with Gasteiger partial charge in [0.25, 0.3) is 0 Å². The van der Waals surface area contributed by atoms with Gasteiger partial charge in [0.2, 0.25) is 11.8 Å². The fourth-order valence-corrected chi connectivity index (χ4v) is 2.72. The topological polar surface area (TPSA) is 75.4 Å². The minimum Gasteiger partial charge on any atom is -0.368 e. The first-order valence-electron chi connectivity index (χ1n) is 7.52. The largest absolute Gasteiger partial charge is 0.368 e. The van der Waals surface area contributed by atoms with Gasteiger partial charge < -0.3 is 11.1 Å². The normalized spacial score (nSPS) is 17.2. The Balaban J connectivity index is 1.98. The minimum atomic E-state index is -0.952. The Morgan fingerprint density at radius 2 is 1.96 bits per heavy atom. The van der Waals surface area contributed by atoms with Crippen molar-refractivity contribution in [3.05, 3.63) is 35.6 Å². The van der Waals surface area contributed by atoms with Gasteiger partial charge in [0.05, 0.1) is 6.54 Å². The number of nitrogens with two attached hydrogens (primary N) is 1. The Morgan fingerprint density at radius 3 is 2.48 bits per heavy atom. The monoisotopic (exact) mass is 317 g/mol. The highest BCUT2D eigenvalue weighted by molar-refractivity contribution is 5.88. The third kappa shape index (κ3) is 4.54. The van der Waals surface area contributed by atoms with E-state index < -0.39 is 17.8 Å². The molecule has 0 spiro atoms. The van der Waals surface area contributed by atoms with Crippen LogP contribution in [0, 0.1) is 24.1 Å². The molecule has 3 N–H and O–H groups in total. The van der Waals surface area contributed by atoms with Gasteiger partial charge in [-0.15, -0.1) is 6.42 Å². The van der Waals surface area contributed by atoms with Crippen LogP contribution in [0.25, 0.3) is 0 Å². The van der Waals surface area contributed by atoms with Crippen molar-refractivity contribution in [2.45, 2.75) is 18.9 Å². The summed E-state index contributed by atoms with van der Waals surface area (Å²) >= 11 is 0. The number of piperidine rings is 1. The number of amides is 2. The van der Waals surface area contributed by atoms with Gasteiger partial charge in [-0.25, -0.2) is 4.39 Å². The van der Waals surface area contributed by atoms with Crippen molar-refractivity contribution >= 4 is 11.8 Å². The molecule has 0 aliphatic carbocycles. The van der Waals surface area contributed by atoms with E-state index >= 15 is 0 Å². The molecular weight excluding hydrogens is 297 g/mol. The van der Waals surface area contributed by atoms with E-state index in [1.165, 1.54) is 24.3 Å². The smallest absolute Gasteiger partial charge is 0.244 e. The standard InChI is InChI=1S/C17H20FN3O2/c1-2-9-21-10-7-13(8-11-21)17(23)20-15(16(19)22)12-3-5-14(18)6-4-12/h1,3-6,13,15H,7-11H2,(H2,19,22)(H,20,23)/t15-/m0/s1. The van der Waals surface area contributed by atoms with E-state index in [0.717, 1.165) is 13.1 Å². The van der Waals surface area contributed by atoms with Crippen LogP contribution in [0.4, 0.5) is 4.39 Å². The zero-order valence-corrected chi connectivity index (χ0v) is 12.8. The van der Waals surface area contributed by atoms with E-state index in [-0.39, 0.29) is 11.8 Å². The lowest BCUT2D eigenvalue weighted by Gasteiger charge is -2.30. The number of benzene rings is 1. The van der Waals surface area contributed by atoms with Crippen molar-refractivity contribution in [1.82, 2.24) is 10.2 Å². The summed E-state index contributed by atoms with van der Waals surface area (Å²) in [6.07, 6.45) is 6.64. The second-order valence-electron chi connectivity index (χ2n) is 5.65. The van der Waals surface area contributed by atoms with Gasteiger partial charge in [-0.2, -0.15) is 0 Å². The van der Waals surface area contributed by atoms with E-state index in [9.17, 15) is 14.0 Å². The molecule has 1 atom stereocenters. The Hall–Kier alpha value is -2.39. The number of carbonyl (C=O) groups is 2. The van der Waals surface area contributed by atoms with Crippen molar-refractivity contribution in [1.29, 1.82) is 0 Å². The maximum absolute atomic E-state index is 13.0. The van der Waals surface area contributed by atoms with Crippen LogP contribution < -0.4 is 11.1 Å². The Morgan fingerprint density at radius 1 is 1.35 bits per heavy atom. The summed E-state index contributed by atoms with van der Waals surface area (Å²) < 4.78 is 13.0. The summed E-state index contributed by atoms with van der Waals surface area (Å²) in [6, 6.07) is 4.40. The third-order valence-electron chi connectivity index (χ3n) is 4.05. The van der Waals surface area contributed by atoms with Crippen LogP contribution in [0.1, 0.15) is 24.4 Å². The van der Waals surface area contributed by atoms with Gasteiger partial charge in [0.15, 0.2) is 0 Å². The first kappa shape index (κ1) is 17.0. The second kappa shape index (κ2) is 7.75. The molecule has 23 heavy (non-hydrogen) atoms. The number of primary amides is 1. The number of hydrogen-bond acceptors (Lipinski definition) is 3. The summed E-state index contributed by atoms with van der Waals surface area (Å²) in [4.78, 5) is 26.1. The Kier molecular flexibility index (Phi) is 5.72. The molecule has 122 valence electrons. The molecule has 5 nitrogen and oxygen atoms in total. The minimum absolute atomic E-state index is 0.175. The lowest BCUT2D eigenvalue weighted by molar-refractivity contribution is -0.131. The first-order chi connectivity index (χ1) is 11.0. The molecule has 2 rings (SSSR count). The number of likely N-dealkylation sites (tertiary alicyclic amines) is 1. The molecule has 1 saturated heterocycles. The Labute approximate surface area is 135 Å². The van der Waals surface area contributed by atoms with Crippen LogP contribution in [-0.2, 0) is 9.59 Å².